The number of rotatable bonds is 7. The molecule has 21 heavy (non-hydrogen) atoms. The SMILES string of the molecule is Cc1nc(Cl)sc1CSCC(=O)NCCc1cccnc1. The molecule has 0 saturated carbocycles. The van der Waals surface area contributed by atoms with E-state index < -0.39 is 0 Å². The van der Waals surface area contributed by atoms with E-state index in [-0.39, 0.29) is 5.91 Å². The molecule has 2 rings (SSSR count). The number of pyridine rings is 1. The molecule has 0 fully saturated rings. The molecule has 112 valence electrons. The fourth-order valence-corrected chi connectivity index (χ4v) is 3.96. The van der Waals surface area contributed by atoms with Crippen molar-refractivity contribution in [2.24, 2.45) is 0 Å². The van der Waals surface area contributed by atoms with Crippen LogP contribution in [-0.4, -0.2) is 28.2 Å². The van der Waals surface area contributed by atoms with E-state index in [0.29, 0.717) is 16.8 Å². The molecular weight excluding hydrogens is 326 g/mol. The highest BCUT2D eigenvalue weighted by atomic mass is 35.5. The molecule has 0 unspecified atom stereocenters. The summed E-state index contributed by atoms with van der Waals surface area (Å²) in [6.07, 6.45) is 4.36. The van der Waals surface area contributed by atoms with Crippen molar-refractivity contribution < 1.29 is 4.79 Å². The maximum Gasteiger partial charge on any atom is 0.230 e. The van der Waals surface area contributed by atoms with Crippen LogP contribution in [0, 0.1) is 6.92 Å². The molecule has 0 bridgehead atoms. The first-order chi connectivity index (χ1) is 10.1. The minimum absolute atomic E-state index is 0.0529. The second kappa shape index (κ2) is 8.36. The molecule has 2 aromatic rings. The van der Waals surface area contributed by atoms with Gasteiger partial charge in [-0.2, -0.15) is 0 Å². The maximum atomic E-state index is 11.7. The van der Waals surface area contributed by atoms with Crippen molar-refractivity contribution in [1.29, 1.82) is 0 Å². The summed E-state index contributed by atoms with van der Waals surface area (Å²) in [5, 5.41) is 2.91. The van der Waals surface area contributed by atoms with Crippen molar-refractivity contribution in [3.63, 3.8) is 0 Å². The zero-order chi connectivity index (χ0) is 15.1. The minimum atomic E-state index is 0.0529. The van der Waals surface area contributed by atoms with Gasteiger partial charge in [0.2, 0.25) is 5.91 Å². The van der Waals surface area contributed by atoms with Gasteiger partial charge in [-0.05, 0) is 25.0 Å². The topological polar surface area (TPSA) is 54.9 Å². The van der Waals surface area contributed by atoms with Crippen LogP contribution >= 0.6 is 34.7 Å². The van der Waals surface area contributed by atoms with Crippen LogP contribution in [-0.2, 0) is 17.0 Å². The zero-order valence-corrected chi connectivity index (χ0v) is 14.0. The molecule has 0 aromatic carbocycles. The predicted molar refractivity (Wildman–Crippen MR) is 89.0 cm³/mol. The lowest BCUT2D eigenvalue weighted by Crippen LogP contribution is -2.27. The summed E-state index contributed by atoms with van der Waals surface area (Å²) in [5.74, 6) is 1.27. The number of hydrogen-bond donors (Lipinski definition) is 1. The van der Waals surface area contributed by atoms with E-state index in [1.165, 1.54) is 11.3 Å². The Hall–Kier alpha value is -1.11. The first kappa shape index (κ1) is 16.3. The van der Waals surface area contributed by atoms with Gasteiger partial charge in [-0.1, -0.05) is 17.7 Å². The van der Waals surface area contributed by atoms with E-state index in [9.17, 15) is 4.79 Å². The van der Waals surface area contributed by atoms with Crippen molar-refractivity contribution in [3.8, 4) is 0 Å². The Morgan fingerprint density at radius 2 is 2.38 bits per heavy atom. The maximum absolute atomic E-state index is 11.7. The monoisotopic (exact) mass is 341 g/mol. The lowest BCUT2D eigenvalue weighted by atomic mass is 10.2. The molecule has 1 amide bonds. The van der Waals surface area contributed by atoms with Gasteiger partial charge in [-0.15, -0.1) is 23.1 Å². The van der Waals surface area contributed by atoms with Crippen LogP contribution in [0.4, 0.5) is 0 Å². The second-order valence-corrected chi connectivity index (χ2v) is 7.08. The molecule has 0 saturated heterocycles. The molecule has 2 aromatic heterocycles. The number of nitrogens with zero attached hydrogens (tertiary/aromatic N) is 2. The van der Waals surface area contributed by atoms with Crippen molar-refractivity contribution in [2.75, 3.05) is 12.3 Å². The Balaban J connectivity index is 1.63. The number of nitrogens with one attached hydrogen (secondary N) is 1. The quantitative estimate of drug-likeness (QED) is 0.840. The highest BCUT2D eigenvalue weighted by Gasteiger charge is 2.07. The molecule has 0 radical (unpaired) electrons. The van der Waals surface area contributed by atoms with E-state index in [2.05, 4.69) is 15.3 Å². The minimum Gasteiger partial charge on any atom is -0.355 e. The standard InChI is InChI=1S/C14H16ClN3OS2/c1-10-12(21-14(15)18-10)8-20-9-13(19)17-6-4-11-3-2-5-16-7-11/h2-3,5,7H,4,6,8-9H2,1H3,(H,17,19). The average Bonchev–Trinajstić information content (AvgIpc) is 2.78. The molecule has 0 aliphatic carbocycles. The summed E-state index contributed by atoms with van der Waals surface area (Å²) in [4.78, 5) is 21.1. The van der Waals surface area contributed by atoms with Crippen molar-refractivity contribution in [2.45, 2.75) is 19.1 Å². The fraction of sp³-hybridized carbons (Fsp3) is 0.357. The van der Waals surface area contributed by atoms with Gasteiger partial charge >= 0.3 is 0 Å². The molecule has 1 N–H and O–H groups in total. The summed E-state index contributed by atoms with van der Waals surface area (Å²) < 4.78 is 0.559. The highest BCUT2D eigenvalue weighted by molar-refractivity contribution is 7.99. The molecule has 7 heteroatoms. The average molecular weight is 342 g/mol. The molecular formula is C14H16ClN3OS2. The van der Waals surface area contributed by atoms with E-state index in [1.54, 1.807) is 18.0 Å². The van der Waals surface area contributed by atoms with Crippen LogP contribution in [0.3, 0.4) is 0 Å². The fourth-order valence-electron chi connectivity index (χ4n) is 1.71. The molecule has 0 spiro atoms. The van der Waals surface area contributed by atoms with Gasteiger partial charge in [0.15, 0.2) is 4.47 Å². The lowest BCUT2D eigenvalue weighted by Gasteiger charge is -2.05. The largest absolute Gasteiger partial charge is 0.355 e. The molecule has 0 aliphatic heterocycles. The second-order valence-electron chi connectivity index (χ2n) is 4.43. The number of thiazole rings is 1. The number of aromatic nitrogens is 2. The smallest absolute Gasteiger partial charge is 0.230 e. The van der Waals surface area contributed by atoms with Crippen molar-refractivity contribution >= 4 is 40.6 Å². The first-order valence-corrected chi connectivity index (χ1v) is 8.85. The summed E-state index contributed by atoms with van der Waals surface area (Å²) in [6, 6.07) is 3.90. The van der Waals surface area contributed by atoms with Crippen molar-refractivity contribution in [3.05, 3.63) is 45.1 Å². The summed E-state index contributed by atoms with van der Waals surface area (Å²) in [5.41, 5.74) is 2.08. The van der Waals surface area contributed by atoms with Gasteiger partial charge in [0.05, 0.1) is 11.4 Å². The Bertz CT molecular complexity index is 589. The molecule has 0 atom stereocenters. The number of hydrogen-bond acceptors (Lipinski definition) is 5. The van der Waals surface area contributed by atoms with Crippen LogP contribution in [0.5, 0.6) is 0 Å². The van der Waals surface area contributed by atoms with Crippen LogP contribution < -0.4 is 5.32 Å². The van der Waals surface area contributed by atoms with Gasteiger partial charge in [-0.25, -0.2) is 4.98 Å². The number of amides is 1. The van der Waals surface area contributed by atoms with Gasteiger partial charge in [0, 0.05) is 29.6 Å². The van der Waals surface area contributed by atoms with Gasteiger partial charge in [0.1, 0.15) is 0 Å². The van der Waals surface area contributed by atoms with E-state index in [1.807, 2.05) is 25.3 Å². The number of halogens is 1. The van der Waals surface area contributed by atoms with E-state index in [0.717, 1.165) is 28.3 Å². The third-order valence-electron chi connectivity index (χ3n) is 2.79. The number of carbonyl (C=O) groups is 1. The molecule has 0 aliphatic rings. The van der Waals surface area contributed by atoms with Crippen LogP contribution in [0.15, 0.2) is 24.5 Å². The Morgan fingerprint density at radius 3 is 3.05 bits per heavy atom. The third-order valence-corrected chi connectivity index (χ3v) is 5.20. The normalized spacial score (nSPS) is 10.6. The Morgan fingerprint density at radius 1 is 1.52 bits per heavy atom. The molecule has 2 heterocycles. The lowest BCUT2D eigenvalue weighted by molar-refractivity contribution is -0.118. The number of aryl methyl sites for hydroxylation is 1. The van der Waals surface area contributed by atoms with Crippen LogP contribution in [0.1, 0.15) is 16.1 Å². The summed E-state index contributed by atoms with van der Waals surface area (Å²) in [7, 11) is 0. The van der Waals surface area contributed by atoms with Gasteiger partial charge in [-0.3, -0.25) is 9.78 Å². The van der Waals surface area contributed by atoms with Crippen LogP contribution in [0.25, 0.3) is 0 Å². The number of thioether (sulfide) groups is 1. The van der Waals surface area contributed by atoms with Gasteiger partial charge < -0.3 is 5.32 Å². The van der Waals surface area contributed by atoms with E-state index in [4.69, 9.17) is 11.6 Å². The highest BCUT2D eigenvalue weighted by Crippen LogP contribution is 2.25. The molecule has 4 nitrogen and oxygen atoms in total. The first-order valence-electron chi connectivity index (χ1n) is 6.50. The van der Waals surface area contributed by atoms with Crippen molar-refractivity contribution in [1.82, 2.24) is 15.3 Å². The number of carbonyl (C=O) groups excluding carboxylic acids is 1. The Kier molecular flexibility index (Phi) is 6.48. The summed E-state index contributed by atoms with van der Waals surface area (Å²) in [6.45, 7) is 2.57. The van der Waals surface area contributed by atoms with E-state index >= 15 is 0 Å². The summed E-state index contributed by atoms with van der Waals surface area (Å²) >= 11 is 8.90. The van der Waals surface area contributed by atoms with Crippen LogP contribution in [0.2, 0.25) is 4.47 Å². The predicted octanol–water partition coefficient (Wildman–Crippen LogP) is 3.09. The van der Waals surface area contributed by atoms with Gasteiger partial charge in [0.25, 0.3) is 0 Å². The third kappa shape index (κ3) is 5.65. The Labute approximate surface area is 137 Å². The zero-order valence-electron chi connectivity index (χ0n) is 11.6.